The average Bonchev–Trinajstić information content (AvgIpc) is 2.57. The Balaban J connectivity index is 2.11. The summed E-state index contributed by atoms with van der Waals surface area (Å²) < 4.78 is 0. The van der Waals surface area contributed by atoms with E-state index in [1.165, 1.54) is 19.3 Å². The first-order valence-corrected chi connectivity index (χ1v) is 4.64. The van der Waals surface area contributed by atoms with E-state index in [1.54, 1.807) is 0 Å². The summed E-state index contributed by atoms with van der Waals surface area (Å²) in [6.07, 6.45) is 7.80. The number of rotatable bonds is 1. The fourth-order valence-electron chi connectivity index (χ4n) is 1.80. The van der Waals surface area contributed by atoms with E-state index in [-0.39, 0.29) is 0 Å². The molecule has 0 N–H and O–H groups in total. The van der Waals surface area contributed by atoms with E-state index >= 15 is 0 Å². The molecule has 0 spiro atoms. The van der Waals surface area contributed by atoms with Crippen LogP contribution < -0.4 is 5.01 Å². The Hall–Kier alpha value is -0.990. The van der Waals surface area contributed by atoms with E-state index in [1.807, 2.05) is 23.3 Å². The minimum atomic E-state index is 0.638. The molecule has 0 aromatic carbocycles. The average molecular weight is 165 g/mol. The molecule has 0 amide bonds. The Labute approximate surface area is 73.0 Å². The molecule has 0 radical (unpaired) electrons. The molecular weight excluding hydrogens is 150 g/mol. The molecule has 1 unspecified atom stereocenters. The lowest BCUT2D eigenvalue weighted by molar-refractivity contribution is 0.377. The first kappa shape index (κ1) is 7.65. The van der Waals surface area contributed by atoms with Crippen LogP contribution in [-0.4, -0.2) is 22.5 Å². The normalized spacial score (nSPS) is 24.4. The van der Waals surface area contributed by atoms with Gasteiger partial charge in [0.2, 0.25) is 0 Å². The van der Waals surface area contributed by atoms with Gasteiger partial charge in [-0.3, -0.25) is 5.01 Å². The van der Waals surface area contributed by atoms with Gasteiger partial charge in [0.25, 0.3) is 0 Å². The molecule has 1 aliphatic heterocycles. The third-order valence-corrected chi connectivity index (χ3v) is 2.52. The molecular formula is C9H15N3. The highest BCUT2D eigenvalue weighted by Crippen LogP contribution is 2.14. The van der Waals surface area contributed by atoms with Crippen LogP contribution in [0.15, 0.2) is 18.5 Å². The Morgan fingerprint density at radius 2 is 2.33 bits per heavy atom. The summed E-state index contributed by atoms with van der Waals surface area (Å²) in [6, 6.07) is 2.61. The second kappa shape index (κ2) is 3.17. The SMILES string of the molecule is CC1CCCCN1n1cccn1. The third-order valence-electron chi connectivity index (χ3n) is 2.52. The first-order chi connectivity index (χ1) is 5.88. The number of nitrogens with zero attached hydrogens (tertiary/aromatic N) is 3. The zero-order chi connectivity index (χ0) is 8.39. The van der Waals surface area contributed by atoms with Crippen molar-refractivity contribution in [2.45, 2.75) is 32.2 Å². The molecule has 1 atom stereocenters. The highest BCUT2D eigenvalue weighted by molar-refractivity contribution is 4.95. The van der Waals surface area contributed by atoms with Gasteiger partial charge in [-0.05, 0) is 32.3 Å². The molecule has 0 bridgehead atoms. The van der Waals surface area contributed by atoms with Crippen molar-refractivity contribution in [3.05, 3.63) is 18.5 Å². The van der Waals surface area contributed by atoms with Gasteiger partial charge >= 0.3 is 0 Å². The van der Waals surface area contributed by atoms with Crippen LogP contribution in [0, 0.1) is 0 Å². The van der Waals surface area contributed by atoms with Crippen molar-refractivity contribution in [2.24, 2.45) is 0 Å². The summed E-state index contributed by atoms with van der Waals surface area (Å²) in [5.41, 5.74) is 0. The van der Waals surface area contributed by atoms with Crippen molar-refractivity contribution in [1.29, 1.82) is 0 Å². The Morgan fingerprint density at radius 3 is 3.00 bits per heavy atom. The molecule has 2 heterocycles. The van der Waals surface area contributed by atoms with Crippen LogP contribution in [0.25, 0.3) is 0 Å². The van der Waals surface area contributed by atoms with Crippen LogP contribution in [0.1, 0.15) is 26.2 Å². The van der Waals surface area contributed by atoms with Crippen molar-refractivity contribution < 1.29 is 0 Å². The predicted octanol–water partition coefficient (Wildman–Crippen LogP) is 1.39. The fraction of sp³-hybridized carbons (Fsp3) is 0.667. The molecule has 2 rings (SSSR count). The van der Waals surface area contributed by atoms with Crippen LogP contribution in [0.3, 0.4) is 0 Å². The molecule has 0 saturated carbocycles. The first-order valence-electron chi connectivity index (χ1n) is 4.64. The van der Waals surface area contributed by atoms with Crippen LogP contribution >= 0.6 is 0 Å². The summed E-state index contributed by atoms with van der Waals surface area (Å²) in [6.45, 7) is 3.41. The van der Waals surface area contributed by atoms with Crippen molar-refractivity contribution in [1.82, 2.24) is 9.89 Å². The minimum Gasteiger partial charge on any atom is -0.294 e. The smallest absolute Gasteiger partial charge is 0.0510 e. The van der Waals surface area contributed by atoms with Gasteiger partial charge in [0.05, 0.1) is 6.20 Å². The minimum absolute atomic E-state index is 0.638. The van der Waals surface area contributed by atoms with Gasteiger partial charge in [-0.1, -0.05) is 0 Å². The topological polar surface area (TPSA) is 21.1 Å². The molecule has 1 fully saturated rings. The molecule has 1 aliphatic rings. The van der Waals surface area contributed by atoms with Gasteiger partial charge in [-0.2, -0.15) is 9.89 Å². The molecule has 1 aromatic rings. The van der Waals surface area contributed by atoms with Gasteiger partial charge in [0.15, 0.2) is 0 Å². The molecule has 12 heavy (non-hydrogen) atoms. The van der Waals surface area contributed by atoms with E-state index in [4.69, 9.17) is 0 Å². The second-order valence-electron chi connectivity index (χ2n) is 3.43. The number of hydrogen-bond donors (Lipinski definition) is 0. The molecule has 1 aromatic heterocycles. The Kier molecular flexibility index (Phi) is 2.02. The summed E-state index contributed by atoms with van der Waals surface area (Å²) in [5.74, 6) is 0. The summed E-state index contributed by atoms with van der Waals surface area (Å²) >= 11 is 0. The Morgan fingerprint density at radius 1 is 1.42 bits per heavy atom. The number of aromatic nitrogens is 2. The Bertz CT molecular complexity index is 230. The molecule has 3 heteroatoms. The van der Waals surface area contributed by atoms with E-state index in [9.17, 15) is 0 Å². The maximum Gasteiger partial charge on any atom is 0.0510 e. The predicted molar refractivity (Wildman–Crippen MR) is 48.6 cm³/mol. The maximum absolute atomic E-state index is 4.23. The second-order valence-corrected chi connectivity index (χ2v) is 3.43. The fourth-order valence-corrected chi connectivity index (χ4v) is 1.80. The highest BCUT2D eigenvalue weighted by Gasteiger charge is 2.17. The quantitative estimate of drug-likeness (QED) is 0.627. The van der Waals surface area contributed by atoms with Gasteiger partial charge < -0.3 is 0 Å². The van der Waals surface area contributed by atoms with E-state index < -0.39 is 0 Å². The van der Waals surface area contributed by atoms with Crippen molar-refractivity contribution in [2.75, 3.05) is 11.6 Å². The van der Waals surface area contributed by atoms with E-state index in [0.29, 0.717) is 6.04 Å². The molecule has 3 nitrogen and oxygen atoms in total. The molecule has 0 aliphatic carbocycles. The zero-order valence-electron chi connectivity index (χ0n) is 7.48. The van der Waals surface area contributed by atoms with E-state index in [2.05, 4.69) is 17.0 Å². The summed E-state index contributed by atoms with van der Waals surface area (Å²) in [5, 5.41) is 6.56. The summed E-state index contributed by atoms with van der Waals surface area (Å²) in [7, 11) is 0. The zero-order valence-corrected chi connectivity index (χ0v) is 7.48. The van der Waals surface area contributed by atoms with Gasteiger partial charge in [0.1, 0.15) is 0 Å². The molecule has 66 valence electrons. The van der Waals surface area contributed by atoms with Gasteiger partial charge in [0, 0.05) is 18.8 Å². The van der Waals surface area contributed by atoms with Crippen molar-refractivity contribution in [3.8, 4) is 0 Å². The van der Waals surface area contributed by atoms with E-state index in [0.717, 1.165) is 6.54 Å². The molecule has 1 saturated heterocycles. The highest BCUT2D eigenvalue weighted by atomic mass is 15.7. The maximum atomic E-state index is 4.23. The van der Waals surface area contributed by atoms with Crippen molar-refractivity contribution in [3.63, 3.8) is 0 Å². The standard InChI is InChI=1S/C9H15N3/c1-9-5-2-3-7-11(9)12-8-4-6-10-12/h4,6,8-9H,2-3,5,7H2,1H3. The van der Waals surface area contributed by atoms with Crippen LogP contribution in [0.4, 0.5) is 0 Å². The van der Waals surface area contributed by atoms with Crippen molar-refractivity contribution >= 4 is 0 Å². The lowest BCUT2D eigenvalue weighted by atomic mass is 10.1. The monoisotopic (exact) mass is 165 g/mol. The van der Waals surface area contributed by atoms with Gasteiger partial charge in [-0.25, -0.2) is 0 Å². The lowest BCUT2D eigenvalue weighted by Crippen LogP contribution is -2.45. The van der Waals surface area contributed by atoms with Gasteiger partial charge in [-0.15, -0.1) is 0 Å². The number of hydrogen-bond acceptors (Lipinski definition) is 2. The van der Waals surface area contributed by atoms with Crippen LogP contribution in [-0.2, 0) is 0 Å². The number of piperidine rings is 1. The summed E-state index contributed by atoms with van der Waals surface area (Å²) in [4.78, 5) is 1.96. The lowest BCUT2D eigenvalue weighted by Gasteiger charge is -2.34. The van der Waals surface area contributed by atoms with Crippen LogP contribution in [0.5, 0.6) is 0 Å². The largest absolute Gasteiger partial charge is 0.294 e. The third kappa shape index (κ3) is 1.31. The van der Waals surface area contributed by atoms with Crippen LogP contribution in [0.2, 0.25) is 0 Å².